The molecule has 0 saturated carbocycles. The summed E-state index contributed by atoms with van der Waals surface area (Å²) in [7, 11) is -7.10. The van der Waals surface area contributed by atoms with Crippen LogP contribution in [0.25, 0.3) is 0 Å². The fraction of sp³-hybridized carbons (Fsp3) is 1.00. The Bertz CT molecular complexity index is 277. The molecule has 0 spiro atoms. The topological polar surface area (TPSA) is 61.6 Å². The van der Waals surface area contributed by atoms with E-state index in [0.29, 0.717) is 0 Å². The maximum absolute atomic E-state index is 12.9. The van der Waals surface area contributed by atoms with Crippen LogP contribution in [0.2, 0.25) is 39.3 Å². The van der Waals surface area contributed by atoms with Crippen LogP contribution in [0.5, 0.6) is 0 Å². The average Bonchev–Trinajstić information content (AvgIpc) is 1.94. The molecular weight excluding hydrogens is 269 g/mol. The summed E-state index contributed by atoms with van der Waals surface area (Å²) in [4.78, 5) is 0. The van der Waals surface area contributed by atoms with E-state index < -0.39 is 30.0 Å². The van der Waals surface area contributed by atoms with E-state index >= 15 is 0 Å². The molecule has 7 heteroatoms. The van der Waals surface area contributed by atoms with Crippen LogP contribution in [0.1, 0.15) is 13.8 Å². The Hall–Kier alpha value is 0.544. The van der Waals surface area contributed by atoms with E-state index in [1.54, 1.807) is 0 Å². The fourth-order valence-electron chi connectivity index (χ4n) is 1.27. The van der Waals surface area contributed by atoms with Crippen LogP contribution in [-0.4, -0.2) is 22.4 Å². The second-order valence-electron chi connectivity index (χ2n) is 6.68. The highest BCUT2D eigenvalue weighted by molar-refractivity contribution is 7.57. The molecule has 0 aromatic rings. The maximum Gasteiger partial charge on any atom is 0.328 e. The van der Waals surface area contributed by atoms with Crippen LogP contribution in [0.3, 0.4) is 0 Å². The number of nitrogens with two attached hydrogens (primary N) is 1. The lowest BCUT2D eigenvalue weighted by atomic mass is 10.2. The van der Waals surface area contributed by atoms with E-state index in [4.69, 9.17) is 14.2 Å². The maximum atomic E-state index is 12.9. The Morgan fingerprint density at radius 3 is 1.41 bits per heavy atom. The molecule has 0 radical (unpaired) electrons. The van der Waals surface area contributed by atoms with Crippen molar-refractivity contribution in [3.8, 4) is 0 Å². The third-order valence-corrected chi connectivity index (χ3v) is 9.59. The summed E-state index contributed by atoms with van der Waals surface area (Å²) in [5.74, 6) is -0.463. The molecule has 0 bridgehead atoms. The normalized spacial score (nSPS) is 16.4. The molecule has 0 aromatic carbocycles. The van der Waals surface area contributed by atoms with Gasteiger partial charge >= 0.3 is 7.60 Å². The molecule has 0 fully saturated rings. The lowest BCUT2D eigenvalue weighted by Crippen LogP contribution is -2.38. The predicted octanol–water partition coefficient (Wildman–Crippen LogP) is 3.82. The van der Waals surface area contributed by atoms with Gasteiger partial charge in [-0.1, -0.05) is 13.8 Å². The third-order valence-electron chi connectivity index (χ3n) is 1.85. The summed E-state index contributed by atoms with van der Waals surface area (Å²) in [6.07, 6.45) is 0. The summed E-state index contributed by atoms with van der Waals surface area (Å²) in [6.45, 7) is 15.9. The molecule has 0 aromatic heterocycles. The van der Waals surface area contributed by atoms with Crippen LogP contribution in [0, 0.1) is 5.92 Å². The van der Waals surface area contributed by atoms with Gasteiger partial charge in [-0.05, 0) is 45.2 Å². The highest BCUT2D eigenvalue weighted by Gasteiger charge is 2.42. The first-order chi connectivity index (χ1) is 7.27. The monoisotopic (exact) mass is 297 g/mol. The first-order valence-corrected chi connectivity index (χ1v) is 14.5. The molecule has 0 aliphatic heterocycles. The number of hydrogen-bond acceptors (Lipinski definition) is 4. The van der Waals surface area contributed by atoms with E-state index in [0.717, 1.165) is 0 Å². The zero-order valence-electron chi connectivity index (χ0n) is 12.4. The molecule has 0 amide bonds. The van der Waals surface area contributed by atoms with Crippen LogP contribution in [0.15, 0.2) is 0 Å². The van der Waals surface area contributed by atoms with Crippen molar-refractivity contribution in [3.05, 3.63) is 0 Å². The highest BCUT2D eigenvalue weighted by Crippen LogP contribution is 2.57. The summed E-state index contributed by atoms with van der Waals surface area (Å²) >= 11 is 0. The lowest BCUT2D eigenvalue weighted by Gasteiger charge is -2.35. The molecule has 4 nitrogen and oxygen atoms in total. The van der Waals surface area contributed by atoms with Gasteiger partial charge in [-0.2, -0.15) is 0 Å². The van der Waals surface area contributed by atoms with Crippen molar-refractivity contribution in [3.63, 3.8) is 0 Å². The Kier molecular flexibility index (Phi) is 5.85. The molecule has 104 valence electrons. The molecule has 1 unspecified atom stereocenters. The van der Waals surface area contributed by atoms with Gasteiger partial charge in [0, 0.05) is 0 Å². The highest BCUT2D eigenvalue weighted by atomic mass is 31.2. The van der Waals surface area contributed by atoms with E-state index in [9.17, 15) is 4.57 Å². The molecule has 0 heterocycles. The van der Waals surface area contributed by atoms with Crippen molar-refractivity contribution in [2.24, 2.45) is 11.7 Å². The molecule has 0 saturated heterocycles. The predicted molar refractivity (Wildman–Crippen MR) is 79.3 cm³/mol. The summed E-state index contributed by atoms with van der Waals surface area (Å²) < 4.78 is 24.5. The smallest absolute Gasteiger partial charge is 0.328 e. The molecule has 0 rings (SSSR count). The van der Waals surface area contributed by atoms with E-state index in [1.807, 2.05) is 53.1 Å². The standard InChI is InChI=1S/C10H28NO3PSi2/c1-9(2)10(11)15(12,13-16(3,4)5)14-17(6,7)8/h9-10H,11H2,1-8H3. The first-order valence-electron chi connectivity index (χ1n) is 6.04. The zero-order valence-corrected chi connectivity index (χ0v) is 15.3. The fourth-order valence-corrected chi connectivity index (χ4v) is 9.56. The van der Waals surface area contributed by atoms with Gasteiger partial charge in [-0.15, -0.1) is 0 Å². The van der Waals surface area contributed by atoms with Gasteiger partial charge in [0.2, 0.25) is 0 Å². The van der Waals surface area contributed by atoms with E-state index in [-0.39, 0.29) is 5.92 Å². The van der Waals surface area contributed by atoms with Gasteiger partial charge in [-0.25, -0.2) is 0 Å². The molecule has 1 atom stereocenters. The van der Waals surface area contributed by atoms with Crippen molar-refractivity contribution < 1.29 is 13.0 Å². The Morgan fingerprint density at radius 2 is 1.24 bits per heavy atom. The summed E-state index contributed by atoms with van der Waals surface area (Å²) in [6, 6.07) is 0. The summed E-state index contributed by atoms with van der Waals surface area (Å²) in [5, 5.41) is 0. The average molecular weight is 297 g/mol. The van der Waals surface area contributed by atoms with Gasteiger partial charge in [0.15, 0.2) is 16.6 Å². The van der Waals surface area contributed by atoms with Crippen molar-refractivity contribution in [2.75, 3.05) is 0 Å². The van der Waals surface area contributed by atoms with E-state index in [1.165, 1.54) is 0 Å². The minimum Gasteiger partial charge on any atom is -0.350 e. The minimum atomic E-state index is -3.21. The lowest BCUT2D eigenvalue weighted by molar-refractivity contribution is 0.353. The van der Waals surface area contributed by atoms with Gasteiger partial charge in [0.1, 0.15) is 5.78 Å². The zero-order chi connectivity index (χ0) is 14.1. The SMILES string of the molecule is CC(C)C(N)P(=O)(O[Si](C)(C)C)O[Si](C)(C)C. The van der Waals surface area contributed by atoms with E-state index in [2.05, 4.69) is 0 Å². The second kappa shape index (κ2) is 5.67. The van der Waals surface area contributed by atoms with Gasteiger partial charge in [0.25, 0.3) is 0 Å². The number of hydrogen-bond donors (Lipinski definition) is 1. The summed E-state index contributed by atoms with van der Waals surface area (Å²) in [5.41, 5.74) is 6.04. The molecular formula is C10H28NO3PSi2. The molecule has 17 heavy (non-hydrogen) atoms. The Labute approximate surface area is 108 Å². The van der Waals surface area contributed by atoms with Crippen LogP contribution in [-0.2, 0) is 13.0 Å². The minimum absolute atomic E-state index is 0.0773. The van der Waals surface area contributed by atoms with Crippen molar-refractivity contribution in [1.29, 1.82) is 0 Å². The van der Waals surface area contributed by atoms with Crippen LogP contribution in [0.4, 0.5) is 0 Å². The van der Waals surface area contributed by atoms with Crippen molar-refractivity contribution in [2.45, 2.75) is 58.9 Å². The number of rotatable bonds is 6. The molecule has 2 N–H and O–H groups in total. The quantitative estimate of drug-likeness (QED) is 0.598. The Balaban J connectivity index is 5.16. The van der Waals surface area contributed by atoms with Crippen LogP contribution >= 0.6 is 7.60 Å². The molecule has 0 aliphatic carbocycles. The van der Waals surface area contributed by atoms with Gasteiger partial charge < -0.3 is 14.2 Å². The van der Waals surface area contributed by atoms with Gasteiger partial charge in [0.05, 0.1) is 0 Å². The molecule has 0 aliphatic rings. The third kappa shape index (κ3) is 6.89. The van der Waals surface area contributed by atoms with Gasteiger partial charge in [-0.3, -0.25) is 4.57 Å². The largest absolute Gasteiger partial charge is 0.350 e. The van der Waals surface area contributed by atoms with Crippen molar-refractivity contribution in [1.82, 2.24) is 0 Å². The second-order valence-corrected chi connectivity index (χ2v) is 18.3. The van der Waals surface area contributed by atoms with Crippen molar-refractivity contribution >= 4 is 24.2 Å². The first kappa shape index (κ1) is 17.5. The Morgan fingerprint density at radius 1 is 0.941 bits per heavy atom. The van der Waals surface area contributed by atoms with Crippen LogP contribution < -0.4 is 5.73 Å².